The molecule has 0 saturated heterocycles. The van der Waals surface area contributed by atoms with Crippen molar-refractivity contribution in [2.45, 2.75) is 32.1 Å². The molecule has 1 aliphatic carbocycles. The molecule has 0 radical (unpaired) electrons. The van der Waals surface area contributed by atoms with Crippen LogP contribution >= 0.6 is 0 Å². The molecule has 0 aromatic carbocycles. The van der Waals surface area contributed by atoms with Gasteiger partial charge in [-0.05, 0) is 24.8 Å². The Morgan fingerprint density at radius 3 is 2.88 bits per heavy atom. The standard InChI is InChI=1S/C12H18N4O/c13-11(14)10-6-7-15-16-12(10)17-8-9-4-2-1-3-5-9/h6-7,9H,1-5,8H2,(H3,13,14). The van der Waals surface area contributed by atoms with Crippen molar-refractivity contribution >= 4 is 5.84 Å². The summed E-state index contributed by atoms with van der Waals surface area (Å²) in [6, 6.07) is 1.66. The lowest BCUT2D eigenvalue weighted by molar-refractivity contribution is 0.201. The molecule has 0 aliphatic heterocycles. The van der Waals surface area contributed by atoms with Gasteiger partial charge in [-0.3, -0.25) is 5.41 Å². The highest BCUT2D eigenvalue weighted by molar-refractivity contribution is 5.96. The van der Waals surface area contributed by atoms with E-state index < -0.39 is 0 Å². The minimum absolute atomic E-state index is 0.0291. The van der Waals surface area contributed by atoms with Gasteiger partial charge in [0.2, 0.25) is 5.88 Å². The van der Waals surface area contributed by atoms with Crippen molar-refractivity contribution < 1.29 is 4.74 Å². The highest BCUT2D eigenvalue weighted by Gasteiger charge is 2.16. The lowest BCUT2D eigenvalue weighted by atomic mass is 9.90. The molecule has 1 saturated carbocycles. The van der Waals surface area contributed by atoms with Crippen LogP contribution in [-0.2, 0) is 0 Å². The van der Waals surface area contributed by atoms with Gasteiger partial charge in [0.1, 0.15) is 5.84 Å². The minimum atomic E-state index is -0.0291. The van der Waals surface area contributed by atoms with Crippen LogP contribution in [0.15, 0.2) is 12.3 Å². The van der Waals surface area contributed by atoms with Crippen LogP contribution in [0.4, 0.5) is 0 Å². The Morgan fingerprint density at radius 1 is 1.41 bits per heavy atom. The van der Waals surface area contributed by atoms with Gasteiger partial charge < -0.3 is 10.5 Å². The highest BCUT2D eigenvalue weighted by atomic mass is 16.5. The van der Waals surface area contributed by atoms with Crippen LogP contribution in [0.5, 0.6) is 5.88 Å². The monoisotopic (exact) mass is 234 g/mol. The lowest BCUT2D eigenvalue weighted by Gasteiger charge is -2.21. The van der Waals surface area contributed by atoms with E-state index >= 15 is 0 Å². The first-order chi connectivity index (χ1) is 8.27. The number of nitrogens with zero attached hydrogens (tertiary/aromatic N) is 2. The van der Waals surface area contributed by atoms with Gasteiger partial charge in [-0.25, -0.2) is 0 Å². The molecule has 0 unspecified atom stereocenters. The Kier molecular flexibility index (Phi) is 3.90. The zero-order chi connectivity index (χ0) is 12.1. The van der Waals surface area contributed by atoms with Crippen LogP contribution in [0.25, 0.3) is 0 Å². The molecule has 1 aliphatic rings. The number of nitrogens with two attached hydrogens (primary N) is 1. The summed E-state index contributed by atoms with van der Waals surface area (Å²) in [5, 5.41) is 15.1. The topological polar surface area (TPSA) is 84.9 Å². The maximum Gasteiger partial charge on any atom is 0.244 e. The maximum atomic E-state index is 7.43. The molecule has 0 spiro atoms. The number of nitrogens with one attached hydrogen (secondary N) is 1. The second kappa shape index (κ2) is 5.61. The van der Waals surface area contributed by atoms with E-state index in [1.165, 1.54) is 38.3 Å². The van der Waals surface area contributed by atoms with Crippen molar-refractivity contribution in [3.8, 4) is 5.88 Å². The predicted molar refractivity (Wildman–Crippen MR) is 65.1 cm³/mol. The van der Waals surface area contributed by atoms with Crippen molar-refractivity contribution in [2.75, 3.05) is 6.61 Å². The summed E-state index contributed by atoms with van der Waals surface area (Å²) < 4.78 is 5.64. The molecule has 3 N–H and O–H groups in total. The summed E-state index contributed by atoms with van der Waals surface area (Å²) in [4.78, 5) is 0. The molecule has 0 amide bonds. The summed E-state index contributed by atoms with van der Waals surface area (Å²) in [6.07, 6.45) is 7.86. The minimum Gasteiger partial charge on any atom is -0.476 e. The zero-order valence-electron chi connectivity index (χ0n) is 9.85. The Morgan fingerprint density at radius 2 is 2.18 bits per heavy atom. The molecule has 17 heavy (non-hydrogen) atoms. The van der Waals surface area contributed by atoms with Gasteiger partial charge in [0.15, 0.2) is 0 Å². The normalized spacial score (nSPS) is 16.7. The number of ether oxygens (including phenoxy) is 1. The van der Waals surface area contributed by atoms with E-state index in [4.69, 9.17) is 15.9 Å². The largest absolute Gasteiger partial charge is 0.476 e. The first-order valence-electron chi connectivity index (χ1n) is 6.06. The van der Waals surface area contributed by atoms with Gasteiger partial charge in [0.25, 0.3) is 0 Å². The third-order valence-electron chi connectivity index (χ3n) is 3.16. The van der Waals surface area contributed by atoms with E-state index in [-0.39, 0.29) is 5.84 Å². The smallest absolute Gasteiger partial charge is 0.244 e. The van der Waals surface area contributed by atoms with Crippen molar-refractivity contribution in [1.82, 2.24) is 10.2 Å². The zero-order valence-corrected chi connectivity index (χ0v) is 9.85. The fraction of sp³-hybridized carbons (Fsp3) is 0.583. The summed E-state index contributed by atoms with van der Waals surface area (Å²) in [7, 11) is 0. The van der Waals surface area contributed by atoms with Crippen molar-refractivity contribution in [2.24, 2.45) is 11.7 Å². The average molecular weight is 234 g/mol. The van der Waals surface area contributed by atoms with E-state index in [1.807, 2.05) is 0 Å². The molecule has 5 heteroatoms. The summed E-state index contributed by atoms with van der Waals surface area (Å²) >= 11 is 0. The number of rotatable bonds is 4. The van der Waals surface area contributed by atoms with Crippen LogP contribution in [0, 0.1) is 11.3 Å². The van der Waals surface area contributed by atoms with E-state index in [0.29, 0.717) is 24.0 Å². The molecule has 2 rings (SSSR count). The second-order valence-corrected chi connectivity index (χ2v) is 4.48. The van der Waals surface area contributed by atoms with E-state index in [9.17, 15) is 0 Å². The fourth-order valence-corrected chi connectivity index (χ4v) is 2.18. The molecule has 1 aromatic heterocycles. The van der Waals surface area contributed by atoms with Crippen LogP contribution in [0.2, 0.25) is 0 Å². The molecule has 0 bridgehead atoms. The quantitative estimate of drug-likeness (QED) is 0.613. The summed E-state index contributed by atoms with van der Waals surface area (Å²) in [5.74, 6) is 0.953. The number of hydrogen-bond acceptors (Lipinski definition) is 4. The number of amidine groups is 1. The Bertz CT molecular complexity index is 388. The van der Waals surface area contributed by atoms with Gasteiger partial charge in [0, 0.05) is 0 Å². The Labute approximate surface area is 101 Å². The molecule has 1 aromatic rings. The predicted octanol–water partition coefficient (Wildman–Crippen LogP) is 1.72. The third kappa shape index (κ3) is 3.15. The maximum absolute atomic E-state index is 7.43. The lowest BCUT2D eigenvalue weighted by Crippen LogP contribution is -2.19. The van der Waals surface area contributed by atoms with Crippen LogP contribution in [0.3, 0.4) is 0 Å². The number of hydrogen-bond donors (Lipinski definition) is 2. The van der Waals surface area contributed by atoms with Crippen molar-refractivity contribution in [3.05, 3.63) is 17.8 Å². The van der Waals surface area contributed by atoms with Crippen LogP contribution in [-0.4, -0.2) is 22.6 Å². The van der Waals surface area contributed by atoms with Crippen molar-refractivity contribution in [1.29, 1.82) is 5.41 Å². The summed E-state index contributed by atoms with van der Waals surface area (Å²) in [6.45, 7) is 0.652. The molecule has 0 atom stereocenters. The highest BCUT2D eigenvalue weighted by Crippen LogP contribution is 2.24. The Balaban J connectivity index is 1.96. The fourth-order valence-electron chi connectivity index (χ4n) is 2.18. The van der Waals surface area contributed by atoms with Gasteiger partial charge in [0.05, 0.1) is 18.4 Å². The van der Waals surface area contributed by atoms with E-state index in [2.05, 4.69) is 10.2 Å². The number of aromatic nitrogens is 2. The van der Waals surface area contributed by atoms with Crippen molar-refractivity contribution in [3.63, 3.8) is 0 Å². The van der Waals surface area contributed by atoms with Gasteiger partial charge in [-0.2, -0.15) is 5.10 Å². The molecule has 1 fully saturated rings. The summed E-state index contributed by atoms with van der Waals surface area (Å²) in [5.41, 5.74) is 5.98. The molecule has 92 valence electrons. The van der Waals surface area contributed by atoms with Gasteiger partial charge >= 0.3 is 0 Å². The molecule has 5 nitrogen and oxygen atoms in total. The van der Waals surface area contributed by atoms with Gasteiger partial charge in [-0.1, -0.05) is 19.3 Å². The second-order valence-electron chi connectivity index (χ2n) is 4.48. The average Bonchev–Trinajstić information content (AvgIpc) is 2.38. The molecular formula is C12H18N4O. The van der Waals surface area contributed by atoms with E-state index in [1.54, 1.807) is 6.07 Å². The number of nitrogen functional groups attached to an aromatic ring is 1. The van der Waals surface area contributed by atoms with E-state index in [0.717, 1.165) is 0 Å². The Hall–Kier alpha value is -1.65. The van der Waals surface area contributed by atoms with Crippen LogP contribution < -0.4 is 10.5 Å². The SMILES string of the molecule is N=C(N)c1ccnnc1OCC1CCCCC1. The first-order valence-corrected chi connectivity index (χ1v) is 6.06. The van der Waals surface area contributed by atoms with Crippen LogP contribution in [0.1, 0.15) is 37.7 Å². The van der Waals surface area contributed by atoms with Gasteiger partial charge in [-0.15, -0.1) is 5.10 Å². The first kappa shape index (κ1) is 11.8. The molecular weight excluding hydrogens is 216 g/mol. The molecule has 1 heterocycles. The third-order valence-corrected chi connectivity index (χ3v) is 3.16.